The molecule has 0 rings (SSSR count). The van der Waals surface area contributed by atoms with E-state index in [2.05, 4.69) is 4.74 Å². The van der Waals surface area contributed by atoms with Crippen molar-refractivity contribution in [3.05, 3.63) is 0 Å². The minimum absolute atomic E-state index is 0.0632. The van der Waals surface area contributed by atoms with E-state index in [1.165, 1.54) is 0 Å². The Morgan fingerprint density at radius 3 is 1.72 bits per heavy atom. The number of aliphatic hydroxyl groups excluding tert-OH is 2. The Bertz CT molecular complexity index is 249. The second-order valence-corrected chi connectivity index (χ2v) is 3.05. The van der Waals surface area contributed by atoms with E-state index in [4.69, 9.17) is 25.5 Å². The fourth-order valence-electron chi connectivity index (χ4n) is 0.611. The molecule has 1 atom stereocenters. The molecular formula is C9H16O9. The fraction of sp³-hybridized carbons (Fsp3) is 0.667. The van der Waals surface area contributed by atoms with Crippen LogP contribution in [-0.4, -0.2) is 62.9 Å². The molecule has 0 aliphatic carbocycles. The van der Waals surface area contributed by atoms with Gasteiger partial charge in [-0.3, -0.25) is 9.59 Å². The van der Waals surface area contributed by atoms with Gasteiger partial charge in [-0.15, -0.1) is 0 Å². The van der Waals surface area contributed by atoms with Crippen LogP contribution in [0.5, 0.6) is 0 Å². The van der Waals surface area contributed by atoms with Crippen LogP contribution in [0.3, 0.4) is 0 Å². The highest BCUT2D eigenvalue weighted by molar-refractivity contribution is 5.69. The molecule has 0 saturated carbocycles. The smallest absolute Gasteiger partial charge is 0.481 e. The van der Waals surface area contributed by atoms with Gasteiger partial charge in [-0.1, -0.05) is 0 Å². The molecule has 0 amide bonds. The number of hydrogen-bond acceptors (Lipinski definition) is 6. The molecule has 9 heteroatoms. The number of rotatable bonds is 7. The molecule has 106 valence electrons. The molecule has 0 saturated heterocycles. The molecule has 9 nitrogen and oxygen atoms in total. The first-order chi connectivity index (χ1) is 8.29. The van der Waals surface area contributed by atoms with E-state index in [0.717, 1.165) is 0 Å². The molecule has 0 aromatic heterocycles. The summed E-state index contributed by atoms with van der Waals surface area (Å²) in [5.41, 5.74) is 0. The molecule has 0 heterocycles. The number of aliphatic carboxylic acids is 2. The highest BCUT2D eigenvalue weighted by Gasteiger charge is 2.04. The molecule has 5 N–H and O–H groups in total. The van der Waals surface area contributed by atoms with Gasteiger partial charge in [-0.05, 0) is 6.42 Å². The lowest BCUT2D eigenvalue weighted by molar-refractivity contribution is -0.138. The molecule has 0 aromatic carbocycles. The normalized spacial score (nSPS) is 10.8. The van der Waals surface area contributed by atoms with Gasteiger partial charge in [0.2, 0.25) is 0 Å². The first kappa shape index (κ1) is 18.5. The van der Waals surface area contributed by atoms with Gasteiger partial charge in [0, 0.05) is 12.8 Å². The van der Waals surface area contributed by atoms with Gasteiger partial charge < -0.3 is 30.3 Å². The average molecular weight is 268 g/mol. The minimum atomic E-state index is -1.46. The van der Waals surface area contributed by atoms with Crippen LogP contribution >= 0.6 is 0 Å². The molecular weight excluding hydrogens is 252 g/mol. The van der Waals surface area contributed by atoms with Crippen LogP contribution < -0.4 is 0 Å². The Hall–Kier alpha value is -1.87. The predicted molar refractivity (Wildman–Crippen MR) is 56.2 cm³/mol. The summed E-state index contributed by atoms with van der Waals surface area (Å²) in [5.74, 6) is -1.90. The van der Waals surface area contributed by atoms with E-state index in [1.54, 1.807) is 0 Å². The summed E-state index contributed by atoms with van der Waals surface area (Å²) >= 11 is 0. The van der Waals surface area contributed by atoms with Crippen molar-refractivity contribution in [2.24, 2.45) is 0 Å². The summed E-state index contributed by atoms with van der Waals surface area (Å²) in [5, 5.41) is 40.5. The molecule has 0 aromatic rings. The van der Waals surface area contributed by atoms with Gasteiger partial charge in [-0.2, -0.15) is 0 Å². The van der Waals surface area contributed by atoms with Gasteiger partial charge in [-0.25, -0.2) is 4.79 Å². The summed E-state index contributed by atoms with van der Waals surface area (Å²) < 4.78 is 3.90. The van der Waals surface area contributed by atoms with E-state index in [9.17, 15) is 14.4 Å². The van der Waals surface area contributed by atoms with Crippen molar-refractivity contribution in [2.45, 2.75) is 25.4 Å². The van der Waals surface area contributed by atoms with Crippen LogP contribution in [0.4, 0.5) is 4.79 Å². The van der Waals surface area contributed by atoms with Crippen molar-refractivity contribution >= 4 is 18.1 Å². The van der Waals surface area contributed by atoms with E-state index in [0.29, 0.717) is 0 Å². The van der Waals surface area contributed by atoms with Crippen molar-refractivity contribution < 1.29 is 44.7 Å². The largest absolute Gasteiger partial charge is 0.505 e. The van der Waals surface area contributed by atoms with E-state index < -0.39 is 30.8 Å². The van der Waals surface area contributed by atoms with Crippen LogP contribution in [0.25, 0.3) is 0 Å². The van der Waals surface area contributed by atoms with Crippen molar-refractivity contribution in [1.82, 2.24) is 0 Å². The molecule has 0 aliphatic rings. The van der Waals surface area contributed by atoms with Crippen LogP contribution in [0.2, 0.25) is 0 Å². The molecule has 1 unspecified atom stereocenters. The second kappa shape index (κ2) is 11.6. The summed E-state index contributed by atoms with van der Waals surface area (Å²) in [6, 6.07) is 0. The van der Waals surface area contributed by atoms with Gasteiger partial charge >= 0.3 is 18.1 Å². The summed E-state index contributed by atoms with van der Waals surface area (Å²) in [6.07, 6.45) is -2.48. The molecule has 18 heavy (non-hydrogen) atoms. The zero-order valence-electron chi connectivity index (χ0n) is 9.48. The molecule has 0 spiro atoms. The monoisotopic (exact) mass is 268 g/mol. The number of carboxylic acids is 2. The van der Waals surface area contributed by atoms with Crippen LogP contribution in [-0.2, 0) is 14.3 Å². The van der Waals surface area contributed by atoms with Gasteiger partial charge in [0.1, 0.15) is 12.7 Å². The first-order valence-corrected chi connectivity index (χ1v) is 4.87. The number of ether oxygens (including phenoxy) is 1. The van der Waals surface area contributed by atoms with Gasteiger partial charge in [0.15, 0.2) is 0 Å². The number of carbonyl (C=O) groups is 3. The number of hydrogen-bond donors (Lipinski definition) is 5. The molecule has 0 radical (unpaired) electrons. The highest BCUT2D eigenvalue weighted by Crippen LogP contribution is 1.93. The quantitative estimate of drug-likeness (QED) is 0.378. The third-order valence-electron chi connectivity index (χ3n) is 1.39. The predicted octanol–water partition coefficient (Wildman–Crippen LogP) is -0.640. The van der Waals surface area contributed by atoms with Crippen molar-refractivity contribution in [3.8, 4) is 0 Å². The summed E-state index contributed by atoms with van der Waals surface area (Å²) in [6.45, 7) is -0.876. The second-order valence-electron chi connectivity index (χ2n) is 3.05. The van der Waals surface area contributed by atoms with E-state index >= 15 is 0 Å². The zero-order chi connectivity index (χ0) is 14.6. The maximum atomic E-state index is 9.79. The van der Waals surface area contributed by atoms with Crippen molar-refractivity contribution in [1.29, 1.82) is 0 Å². The Labute approximate surface area is 102 Å². The molecule has 0 aliphatic heterocycles. The van der Waals surface area contributed by atoms with Gasteiger partial charge in [0.25, 0.3) is 0 Å². The first-order valence-electron chi connectivity index (χ1n) is 4.87. The maximum Gasteiger partial charge on any atom is 0.505 e. The average Bonchev–Trinajstić information content (AvgIpc) is 2.25. The SMILES string of the molecule is O=C(O)CCCC(=O)O.O=C(O)OCC(O)CO. The lowest BCUT2D eigenvalue weighted by Gasteiger charge is -2.03. The Kier molecular flexibility index (Phi) is 11.9. The maximum absolute atomic E-state index is 9.79. The number of carboxylic acid groups (broad SMARTS) is 3. The topological polar surface area (TPSA) is 162 Å². The van der Waals surface area contributed by atoms with Gasteiger partial charge in [0.05, 0.1) is 6.61 Å². The zero-order valence-corrected chi connectivity index (χ0v) is 9.48. The van der Waals surface area contributed by atoms with Crippen LogP contribution in [0.15, 0.2) is 0 Å². The molecule has 0 fully saturated rings. The van der Waals surface area contributed by atoms with E-state index in [-0.39, 0.29) is 25.9 Å². The fourth-order valence-corrected chi connectivity index (χ4v) is 0.611. The van der Waals surface area contributed by atoms with Crippen LogP contribution in [0, 0.1) is 0 Å². The van der Waals surface area contributed by atoms with Crippen molar-refractivity contribution in [2.75, 3.05) is 13.2 Å². The summed E-state index contributed by atoms with van der Waals surface area (Å²) in [7, 11) is 0. The lowest BCUT2D eigenvalue weighted by Crippen LogP contribution is -2.21. The Morgan fingerprint density at radius 2 is 1.44 bits per heavy atom. The van der Waals surface area contributed by atoms with E-state index in [1.807, 2.05) is 0 Å². The lowest BCUT2D eigenvalue weighted by atomic mass is 10.2. The Balaban J connectivity index is 0. The standard InChI is InChI=1S/C5H8O4.C4H8O5/c6-4(7)2-1-3-5(8)9;5-1-3(6)2-9-4(7)8/h1-3H2,(H,6,7)(H,8,9);3,5-6H,1-2H2,(H,7,8). The number of aliphatic hydroxyl groups is 2. The third kappa shape index (κ3) is 19.7. The van der Waals surface area contributed by atoms with Crippen LogP contribution in [0.1, 0.15) is 19.3 Å². The third-order valence-corrected chi connectivity index (χ3v) is 1.39. The Morgan fingerprint density at radius 1 is 1.00 bits per heavy atom. The highest BCUT2D eigenvalue weighted by atomic mass is 16.7. The summed E-state index contributed by atoms with van der Waals surface area (Å²) in [4.78, 5) is 29.2. The molecule has 0 bridgehead atoms. The minimum Gasteiger partial charge on any atom is -0.481 e. The van der Waals surface area contributed by atoms with Crippen molar-refractivity contribution in [3.63, 3.8) is 0 Å².